The number of nitriles is 1. The van der Waals surface area contributed by atoms with Gasteiger partial charge < -0.3 is 1.43 Å². The Bertz CT molecular complexity index is 98.5. The summed E-state index contributed by atoms with van der Waals surface area (Å²) in [5.41, 5.74) is 0. The average molecular weight is 197 g/mol. The molecule has 0 aliphatic carbocycles. The van der Waals surface area contributed by atoms with Gasteiger partial charge in [-0.15, -0.1) is 0 Å². The molecule has 0 aromatic rings. The van der Waals surface area contributed by atoms with Gasteiger partial charge in [0.2, 0.25) is 0 Å². The van der Waals surface area contributed by atoms with Crippen LogP contribution in [-0.4, -0.2) is 7.32 Å². The molecule has 0 bridgehead atoms. The van der Waals surface area contributed by atoms with Crippen LogP contribution in [0.2, 0.25) is 0 Å². The normalized spacial score (nSPS) is 6.45. The Morgan fingerprint density at radius 3 is 1.45 bits per heavy atom. The van der Waals surface area contributed by atoms with E-state index in [-0.39, 0.29) is 52.8 Å². The van der Waals surface area contributed by atoms with Crippen molar-refractivity contribution in [2.24, 2.45) is 0 Å². The monoisotopic (exact) mass is 197 g/mol. The van der Waals surface area contributed by atoms with Crippen LogP contribution in [0, 0.1) is 11.3 Å². The molecular weight excluding hydrogens is 193 g/mol. The van der Waals surface area contributed by atoms with E-state index in [1.165, 1.54) is 6.92 Å². The van der Waals surface area contributed by atoms with Crippen molar-refractivity contribution < 1.29 is 81.0 Å². The Kier molecular flexibility index (Phi) is 27.7. The fourth-order valence-corrected chi connectivity index (χ4v) is 0.0412. The number of hydrogen-bond acceptors (Lipinski definition) is 4. The van der Waals surface area contributed by atoms with Crippen molar-refractivity contribution in [1.82, 2.24) is 0 Å². The van der Waals surface area contributed by atoms with Crippen molar-refractivity contribution in [3.8, 4) is 6.07 Å². The minimum Gasteiger partial charge on any atom is -1.00 e. The SMILES string of the molecule is CC#N.FOB(OF)OF.[H-].[K+]. The summed E-state index contributed by atoms with van der Waals surface area (Å²) < 4.78 is 31.3. The third-order valence-corrected chi connectivity index (χ3v) is 0.218. The molecule has 9 heteroatoms. The molecule has 0 N–H and O–H groups in total. The average Bonchev–Trinajstić information content (AvgIpc) is 1.93. The van der Waals surface area contributed by atoms with E-state index >= 15 is 0 Å². The van der Waals surface area contributed by atoms with E-state index < -0.39 is 7.32 Å². The molecule has 0 radical (unpaired) electrons. The van der Waals surface area contributed by atoms with E-state index in [1.807, 2.05) is 0 Å². The van der Waals surface area contributed by atoms with Gasteiger partial charge in [-0.1, -0.05) is 13.6 Å². The molecule has 0 unspecified atom stereocenters. The van der Waals surface area contributed by atoms with Crippen LogP contribution in [0.1, 0.15) is 8.35 Å². The van der Waals surface area contributed by atoms with Gasteiger partial charge in [0.15, 0.2) is 0 Å². The van der Waals surface area contributed by atoms with Gasteiger partial charge in [0.25, 0.3) is 0 Å². The van der Waals surface area contributed by atoms with Crippen LogP contribution in [0.4, 0.5) is 13.6 Å². The molecule has 0 rings (SSSR count). The number of nitrogens with zero attached hydrogens (tertiary/aromatic N) is 1. The Hall–Kier alpha value is 0.861. The van der Waals surface area contributed by atoms with Gasteiger partial charge in [0.05, 0.1) is 6.07 Å². The quantitative estimate of drug-likeness (QED) is 0.507. The maximum absolute atomic E-state index is 10.4. The van der Waals surface area contributed by atoms with E-state index in [2.05, 4.69) is 14.6 Å². The van der Waals surface area contributed by atoms with E-state index in [1.54, 1.807) is 6.07 Å². The summed E-state index contributed by atoms with van der Waals surface area (Å²) in [4.78, 5) is 7.06. The first-order valence-corrected chi connectivity index (χ1v) is 1.89. The van der Waals surface area contributed by atoms with Crippen LogP contribution >= 0.6 is 0 Å². The zero-order valence-corrected chi connectivity index (χ0v) is 9.01. The summed E-state index contributed by atoms with van der Waals surface area (Å²) >= 11 is 0. The first kappa shape index (κ1) is 17.8. The van der Waals surface area contributed by atoms with Crippen LogP contribution in [0.3, 0.4) is 0 Å². The fraction of sp³-hybridized carbons (Fsp3) is 0.500. The summed E-state index contributed by atoms with van der Waals surface area (Å²) in [6.45, 7) is 1.43. The second-order valence-electron chi connectivity index (χ2n) is 0.780. The van der Waals surface area contributed by atoms with Crippen molar-refractivity contribution in [2.45, 2.75) is 6.92 Å². The maximum atomic E-state index is 10.4. The summed E-state index contributed by atoms with van der Waals surface area (Å²) in [6, 6.07) is 1.75. The molecule has 0 aromatic carbocycles. The first-order chi connectivity index (χ1) is 4.76. The largest absolute Gasteiger partial charge is 1.00 e. The van der Waals surface area contributed by atoms with Crippen molar-refractivity contribution >= 4 is 7.32 Å². The molecule has 60 valence electrons. The summed E-state index contributed by atoms with van der Waals surface area (Å²) in [5.74, 6) is 0. The van der Waals surface area contributed by atoms with Gasteiger partial charge >= 0.3 is 58.7 Å². The van der Waals surface area contributed by atoms with E-state index in [0.29, 0.717) is 0 Å². The number of hydrogen-bond donors (Lipinski definition) is 0. The van der Waals surface area contributed by atoms with Crippen molar-refractivity contribution in [2.75, 3.05) is 0 Å². The topological polar surface area (TPSA) is 51.5 Å². The maximum Gasteiger partial charge on any atom is 1.00 e. The van der Waals surface area contributed by atoms with Crippen LogP contribution in [0.5, 0.6) is 0 Å². The molecule has 11 heavy (non-hydrogen) atoms. The summed E-state index contributed by atoms with van der Waals surface area (Å²) in [6.07, 6.45) is 0. The molecule has 0 aliphatic rings. The van der Waals surface area contributed by atoms with Crippen LogP contribution in [0.15, 0.2) is 0 Å². The van der Waals surface area contributed by atoms with Gasteiger partial charge in [-0.25, -0.2) is 0 Å². The van der Waals surface area contributed by atoms with E-state index in [9.17, 15) is 13.6 Å². The molecule has 0 aromatic heterocycles. The van der Waals surface area contributed by atoms with Crippen LogP contribution < -0.4 is 51.4 Å². The molecule has 4 nitrogen and oxygen atoms in total. The van der Waals surface area contributed by atoms with Crippen LogP contribution in [-0.2, 0) is 14.6 Å². The third kappa shape index (κ3) is 18.1. The van der Waals surface area contributed by atoms with Gasteiger partial charge in [0, 0.05) is 6.92 Å². The first-order valence-electron chi connectivity index (χ1n) is 1.89. The van der Waals surface area contributed by atoms with Gasteiger partial charge in [-0.05, 0) is 0 Å². The molecule has 0 amide bonds. The zero-order chi connectivity index (χ0) is 8.41. The van der Waals surface area contributed by atoms with Gasteiger partial charge in [-0.3, -0.25) is 0 Å². The molecule has 0 spiro atoms. The van der Waals surface area contributed by atoms with Gasteiger partial charge in [-0.2, -0.15) is 19.8 Å². The molecule has 0 fully saturated rings. The minimum absolute atomic E-state index is 0. The van der Waals surface area contributed by atoms with Crippen molar-refractivity contribution in [3.05, 3.63) is 0 Å². The summed E-state index contributed by atoms with van der Waals surface area (Å²) in [5, 5.41) is 7.32. The fourth-order valence-electron chi connectivity index (χ4n) is 0.0412. The Balaban J connectivity index is -0.0000000569. The molecule has 0 atom stereocenters. The minimum atomic E-state index is -2.51. The molecule has 0 heterocycles. The predicted molar refractivity (Wildman–Crippen MR) is 24.7 cm³/mol. The Morgan fingerprint density at radius 1 is 1.27 bits per heavy atom. The summed E-state index contributed by atoms with van der Waals surface area (Å²) in [7, 11) is -2.51. The molecule has 0 aliphatic heterocycles. The molecule has 0 saturated carbocycles. The Labute approximate surface area is 105 Å². The predicted octanol–water partition coefficient (Wildman–Crippen LogP) is -1.68. The molecular formula is C2H4BF3KNO3. The second-order valence-corrected chi connectivity index (χ2v) is 0.780. The van der Waals surface area contributed by atoms with E-state index in [4.69, 9.17) is 5.26 Å². The third-order valence-electron chi connectivity index (χ3n) is 0.218. The van der Waals surface area contributed by atoms with Crippen molar-refractivity contribution in [1.29, 1.82) is 5.26 Å². The van der Waals surface area contributed by atoms with Crippen LogP contribution in [0.25, 0.3) is 0 Å². The smallest absolute Gasteiger partial charge is 1.00 e. The van der Waals surface area contributed by atoms with Crippen molar-refractivity contribution in [3.63, 3.8) is 0 Å². The number of halogens is 3. The molecule has 0 saturated heterocycles. The van der Waals surface area contributed by atoms with E-state index in [0.717, 1.165) is 0 Å². The second kappa shape index (κ2) is 17.1. The standard InChI is InChI=1S/C2H3N.BF3O3.K.H/c1-2-3;2-5-1(6-3)7-4;;/h1H3;;;/q;;+1;-1. The Morgan fingerprint density at radius 2 is 1.45 bits per heavy atom. The van der Waals surface area contributed by atoms with Gasteiger partial charge in [0.1, 0.15) is 0 Å². The number of rotatable bonds is 3. The zero-order valence-electron chi connectivity index (χ0n) is 6.88.